The number of nitrogens with two attached hydrogens (primary N) is 1. The predicted octanol–water partition coefficient (Wildman–Crippen LogP) is 1.56. The summed E-state index contributed by atoms with van der Waals surface area (Å²) in [5.41, 5.74) is 9.90. The van der Waals surface area contributed by atoms with Crippen molar-refractivity contribution in [2.75, 3.05) is 0 Å². The molecule has 5 nitrogen and oxygen atoms in total. The highest BCUT2D eigenvalue weighted by atomic mass is 16.3. The molecule has 0 spiro atoms. The normalized spacial score (nSPS) is 24.5. The van der Waals surface area contributed by atoms with Gasteiger partial charge in [-0.25, -0.2) is 5.01 Å². The van der Waals surface area contributed by atoms with Gasteiger partial charge in [0.1, 0.15) is 5.75 Å². The molecular weight excluding hydrogens is 266 g/mol. The molecule has 1 aromatic rings. The lowest BCUT2D eigenvalue weighted by Crippen LogP contribution is -2.57. The second kappa shape index (κ2) is 6.91. The van der Waals surface area contributed by atoms with Crippen LogP contribution in [0, 0.1) is 0 Å². The topological polar surface area (TPSA) is 78.6 Å². The minimum atomic E-state index is -0.587. The number of amides is 1. The quantitative estimate of drug-likeness (QED) is 0.786. The van der Waals surface area contributed by atoms with Crippen molar-refractivity contribution in [2.45, 2.75) is 57.7 Å². The van der Waals surface area contributed by atoms with E-state index in [1.54, 1.807) is 24.3 Å². The zero-order valence-electron chi connectivity index (χ0n) is 12.7. The van der Waals surface area contributed by atoms with Gasteiger partial charge >= 0.3 is 0 Å². The van der Waals surface area contributed by atoms with E-state index in [1.807, 2.05) is 5.01 Å². The van der Waals surface area contributed by atoms with E-state index < -0.39 is 6.04 Å². The maximum absolute atomic E-state index is 12.2. The Kier molecular flexibility index (Phi) is 5.20. The van der Waals surface area contributed by atoms with E-state index in [0.29, 0.717) is 18.5 Å². The molecule has 0 radical (unpaired) electrons. The fourth-order valence-electron chi connectivity index (χ4n) is 2.83. The molecule has 0 bridgehead atoms. The van der Waals surface area contributed by atoms with Crippen LogP contribution in [0.25, 0.3) is 0 Å². The standard InChI is InChI=1S/C16H25N3O2/c1-11-4-3-5-12(2)19(11)18-16(21)15(17)10-13-6-8-14(20)9-7-13/h6-9,11-12,15,20H,3-5,10,17H2,1-2H3,(H,18,21)/t11?,12?,15-/m1/s1. The van der Waals surface area contributed by atoms with Crippen molar-refractivity contribution in [3.63, 3.8) is 0 Å². The Morgan fingerprint density at radius 2 is 1.90 bits per heavy atom. The highest BCUT2D eigenvalue weighted by Gasteiger charge is 2.27. The van der Waals surface area contributed by atoms with Crippen LogP contribution in [0.1, 0.15) is 38.7 Å². The van der Waals surface area contributed by atoms with E-state index in [0.717, 1.165) is 18.4 Å². The van der Waals surface area contributed by atoms with Crippen LogP contribution in [-0.4, -0.2) is 34.1 Å². The number of hydrazine groups is 1. The fourth-order valence-corrected chi connectivity index (χ4v) is 2.83. The molecule has 21 heavy (non-hydrogen) atoms. The summed E-state index contributed by atoms with van der Waals surface area (Å²) in [4.78, 5) is 12.2. The van der Waals surface area contributed by atoms with Gasteiger partial charge in [-0.1, -0.05) is 18.6 Å². The average Bonchev–Trinajstić information content (AvgIpc) is 2.45. The number of benzene rings is 1. The molecular formula is C16H25N3O2. The van der Waals surface area contributed by atoms with Crippen molar-refractivity contribution in [3.05, 3.63) is 29.8 Å². The summed E-state index contributed by atoms with van der Waals surface area (Å²) in [6.45, 7) is 4.25. The van der Waals surface area contributed by atoms with Crippen LogP contribution in [0.4, 0.5) is 0 Å². The lowest BCUT2D eigenvalue weighted by atomic mass is 9.99. The van der Waals surface area contributed by atoms with Crippen LogP contribution in [-0.2, 0) is 11.2 Å². The van der Waals surface area contributed by atoms with Crippen molar-refractivity contribution < 1.29 is 9.90 Å². The maximum atomic E-state index is 12.2. The second-order valence-electron chi connectivity index (χ2n) is 5.99. The SMILES string of the molecule is CC1CCCC(C)N1NC(=O)[C@H](N)Cc1ccc(O)cc1. The summed E-state index contributed by atoms with van der Waals surface area (Å²) in [5.74, 6) is 0.0661. The van der Waals surface area contributed by atoms with Gasteiger partial charge in [0.2, 0.25) is 0 Å². The van der Waals surface area contributed by atoms with Gasteiger partial charge < -0.3 is 10.8 Å². The zero-order chi connectivity index (χ0) is 15.4. The van der Waals surface area contributed by atoms with Crippen molar-refractivity contribution in [1.82, 2.24) is 10.4 Å². The monoisotopic (exact) mass is 291 g/mol. The summed E-state index contributed by atoms with van der Waals surface area (Å²) in [5, 5.41) is 11.3. The van der Waals surface area contributed by atoms with Gasteiger partial charge in [0.25, 0.3) is 5.91 Å². The third-order valence-electron chi connectivity index (χ3n) is 4.16. The molecule has 1 aliphatic rings. The Morgan fingerprint density at radius 3 is 2.48 bits per heavy atom. The van der Waals surface area contributed by atoms with E-state index in [-0.39, 0.29) is 11.7 Å². The molecule has 0 saturated carbocycles. The number of nitrogens with one attached hydrogen (secondary N) is 1. The number of hydrogen-bond acceptors (Lipinski definition) is 4. The van der Waals surface area contributed by atoms with E-state index in [9.17, 15) is 9.90 Å². The number of carbonyl (C=O) groups excluding carboxylic acids is 1. The number of phenols is 1. The summed E-state index contributed by atoms with van der Waals surface area (Å²) < 4.78 is 0. The van der Waals surface area contributed by atoms with E-state index in [4.69, 9.17) is 5.73 Å². The minimum Gasteiger partial charge on any atom is -0.508 e. The van der Waals surface area contributed by atoms with Crippen LogP contribution in [0.3, 0.4) is 0 Å². The highest BCUT2D eigenvalue weighted by molar-refractivity contribution is 5.81. The minimum absolute atomic E-state index is 0.149. The molecule has 5 heteroatoms. The largest absolute Gasteiger partial charge is 0.508 e. The van der Waals surface area contributed by atoms with Gasteiger partial charge in [-0.15, -0.1) is 0 Å². The lowest BCUT2D eigenvalue weighted by Gasteiger charge is -2.39. The molecule has 4 N–H and O–H groups in total. The Balaban J connectivity index is 1.91. The highest BCUT2D eigenvalue weighted by Crippen LogP contribution is 2.20. The smallest absolute Gasteiger partial charge is 0.251 e. The molecule has 1 aromatic carbocycles. The van der Waals surface area contributed by atoms with E-state index in [2.05, 4.69) is 19.3 Å². The Hall–Kier alpha value is -1.59. The van der Waals surface area contributed by atoms with E-state index in [1.165, 1.54) is 6.42 Å². The van der Waals surface area contributed by atoms with Gasteiger partial charge in [0, 0.05) is 12.1 Å². The van der Waals surface area contributed by atoms with E-state index >= 15 is 0 Å². The first kappa shape index (κ1) is 15.8. The molecule has 1 saturated heterocycles. The Bertz CT molecular complexity index is 465. The molecule has 3 atom stereocenters. The first-order valence-corrected chi connectivity index (χ1v) is 7.59. The van der Waals surface area contributed by atoms with Crippen LogP contribution in [0.2, 0.25) is 0 Å². The lowest BCUT2D eigenvalue weighted by molar-refractivity contribution is -0.130. The summed E-state index contributed by atoms with van der Waals surface area (Å²) in [7, 11) is 0. The first-order chi connectivity index (χ1) is 9.97. The molecule has 1 amide bonds. The van der Waals surface area contributed by atoms with Gasteiger partial charge in [0.05, 0.1) is 6.04 Å². The number of rotatable bonds is 4. The van der Waals surface area contributed by atoms with Crippen molar-refractivity contribution in [2.24, 2.45) is 5.73 Å². The van der Waals surface area contributed by atoms with Gasteiger partial charge in [-0.05, 0) is 50.8 Å². The van der Waals surface area contributed by atoms with Crippen LogP contribution in [0.15, 0.2) is 24.3 Å². The predicted molar refractivity (Wildman–Crippen MR) is 82.5 cm³/mol. The van der Waals surface area contributed by atoms with Gasteiger partial charge in [-0.2, -0.15) is 0 Å². The Labute approximate surface area is 126 Å². The van der Waals surface area contributed by atoms with Crippen molar-refractivity contribution in [1.29, 1.82) is 0 Å². The van der Waals surface area contributed by atoms with Crippen LogP contribution >= 0.6 is 0 Å². The summed E-state index contributed by atoms with van der Waals surface area (Å²) in [6, 6.07) is 6.89. The molecule has 0 aliphatic carbocycles. The second-order valence-corrected chi connectivity index (χ2v) is 5.99. The summed E-state index contributed by atoms with van der Waals surface area (Å²) in [6.07, 6.45) is 3.85. The molecule has 1 fully saturated rings. The number of hydrogen-bond donors (Lipinski definition) is 3. The first-order valence-electron chi connectivity index (χ1n) is 7.59. The van der Waals surface area contributed by atoms with Crippen molar-refractivity contribution >= 4 is 5.91 Å². The molecule has 0 aromatic heterocycles. The number of carbonyl (C=O) groups is 1. The molecule has 1 heterocycles. The molecule has 1 aliphatic heterocycles. The molecule has 2 rings (SSSR count). The zero-order valence-corrected chi connectivity index (χ0v) is 12.7. The fraction of sp³-hybridized carbons (Fsp3) is 0.562. The number of aromatic hydroxyl groups is 1. The number of phenolic OH excluding ortho intramolecular Hbond substituents is 1. The van der Waals surface area contributed by atoms with Crippen LogP contribution in [0.5, 0.6) is 5.75 Å². The molecule has 2 unspecified atom stereocenters. The summed E-state index contributed by atoms with van der Waals surface area (Å²) >= 11 is 0. The Morgan fingerprint density at radius 1 is 1.33 bits per heavy atom. The molecule has 116 valence electrons. The number of piperidine rings is 1. The van der Waals surface area contributed by atoms with Crippen LogP contribution < -0.4 is 11.2 Å². The van der Waals surface area contributed by atoms with Gasteiger partial charge in [-0.3, -0.25) is 10.2 Å². The third-order valence-corrected chi connectivity index (χ3v) is 4.16. The van der Waals surface area contributed by atoms with Gasteiger partial charge in [0.15, 0.2) is 0 Å². The van der Waals surface area contributed by atoms with Crippen molar-refractivity contribution in [3.8, 4) is 5.75 Å². The number of nitrogens with zero attached hydrogens (tertiary/aromatic N) is 1. The maximum Gasteiger partial charge on any atom is 0.251 e. The third kappa shape index (κ3) is 4.19. The average molecular weight is 291 g/mol.